The predicted octanol–water partition coefficient (Wildman–Crippen LogP) is 4.36. The molecular formula is C30H29FN8O3S. The van der Waals surface area contributed by atoms with Crippen molar-refractivity contribution in [3.63, 3.8) is 0 Å². The Hall–Kier alpha value is -4.72. The van der Waals surface area contributed by atoms with Crippen LogP contribution < -0.4 is 9.46 Å². The van der Waals surface area contributed by atoms with E-state index in [-0.39, 0.29) is 6.54 Å². The molecule has 0 aliphatic carbocycles. The standard InChI is InChI=1S/C30H29FN8O3S/c1-39(2)4-5-42-23-9-20(13-32-15-23)21-10-25-29(37-38-30(25)34-14-21)27-11-24-26(16-33-17-28(24)36-27)19-6-18(7-22(31)8-19)12-35-43(3,40)41/h6-11,13-17,35-36H,4-5,12H2,1-3H3,(H,34,37,38). The number of H-pyrrole nitrogens is 2. The minimum Gasteiger partial charge on any atom is -0.491 e. The monoisotopic (exact) mass is 600 g/mol. The highest BCUT2D eigenvalue weighted by Gasteiger charge is 2.16. The van der Waals surface area contributed by atoms with Gasteiger partial charge in [-0.1, -0.05) is 0 Å². The van der Waals surface area contributed by atoms with Gasteiger partial charge in [0.15, 0.2) is 5.65 Å². The first-order chi connectivity index (χ1) is 20.6. The molecule has 13 heteroatoms. The summed E-state index contributed by atoms with van der Waals surface area (Å²) in [4.78, 5) is 18.7. The number of aromatic nitrogens is 6. The van der Waals surface area contributed by atoms with Crippen molar-refractivity contribution in [2.75, 3.05) is 33.5 Å². The smallest absolute Gasteiger partial charge is 0.209 e. The summed E-state index contributed by atoms with van der Waals surface area (Å²) in [6, 6.07) is 10.3. The van der Waals surface area contributed by atoms with Crippen LogP contribution in [0.4, 0.5) is 4.39 Å². The molecule has 0 saturated heterocycles. The molecule has 3 N–H and O–H groups in total. The number of nitrogens with zero attached hydrogens (tertiary/aromatic N) is 5. The lowest BCUT2D eigenvalue weighted by atomic mass is 10.0. The van der Waals surface area contributed by atoms with E-state index in [2.05, 4.69) is 34.9 Å². The van der Waals surface area contributed by atoms with Crippen molar-refractivity contribution >= 4 is 32.0 Å². The Balaban J connectivity index is 1.35. The van der Waals surface area contributed by atoms with Gasteiger partial charge in [-0.3, -0.25) is 15.1 Å². The molecule has 0 bridgehead atoms. The molecule has 220 valence electrons. The molecule has 0 aliphatic rings. The normalized spacial score (nSPS) is 12.0. The molecule has 1 aromatic carbocycles. The van der Waals surface area contributed by atoms with E-state index >= 15 is 0 Å². The quantitative estimate of drug-likeness (QED) is 0.211. The van der Waals surface area contributed by atoms with Crippen LogP contribution >= 0.6 is 0 Å². The predicted molar refractivity (Wildman–Crippen MR) is 163 cm³/mol. The first kappa shape index (κ1) is 28.4. The van der Waals surface area contributed by atoms with Gasteiger partial charge in [0.25, 0.3) is 0 Å². The highest BCUT2D eigenvalue weighted by molar-refractivity contribution is 7.88. The van der Waals surface area contributed by atoms with Crippen LogP contribution in [0.2, 0.25) is 0 Å². The maximum atomic E-state index is 14.6. The molecule has 0 spiro atoms. The Labute approximate surface area is 247 Å². The summed E-state index contributed by atoms with van der Waals surface area (Å²) >= 11 is 0. The molecule has 6 rings (SSSR count). The van der Waals surface area contributed by atoms with Crippen LogP contribution in [-0.4, -0.2) is 77.0 Å². The zero-order valence-electron chi connectivity index (χ0n) is 23.7. The summed E-state index contributed by atoms with van der Waals surface area (Å²) in [6.45, 7) is 1.31. The van der Waals surface area contributed by atoms with E-state index in [1.54, 1.807) is 37.1 Å². The fourth-order valence-corrected chi connectivity index (χ4v) is 5.23. The van der Waals surface area contributed by atoms with E-state index < -0.39 is 15.8 Å². The summed E-state index contributed by atoms with van der Waals surface area (Å²) in [6.07, 6.45) is 9.63. The number of pyridine rings is 3. The zero-order chi connectivity index (χ0) is 30.1. The zero-order valence-corrected chi connectivity index (χ0v) is 24.5. The maximum absolute atomic E-state index is 14.6. The van der Waals surface area contributed by atoms with Crippen LogP contribution in [0.25, 0.3) is 55.6 Å². The molecule has 0 atom stereocenters. The SMILES string of the molecule is CN(C)CCOc1cncc(-c2cnc3n[nH]c(-c4cc5c(-c6cc(F)cc(CNS(C)(=O)=O)c6)cncc5[nH]4)c3c2)c1. The minimum absolute atomic E-state index is 0.0263. The van der Waals surface area contributed by atoms with Gasteiger partial charge in [-0.05, 0) is 61.6 Å². The van der Waals surface area contributed by atoms with E-state index in [1.165, 1.54) is 12.1 Å². The second-order valence-electron chi connectivity index (χ2n) is 10.5. The van der Waals surface area contributed by atoms with Crippen molar-refractivity contribution in [2.45, 2.75) is 6.54 Å². The number of ether oxygens (including phenoxy) is 1. The average molecular weight is 601 g/mol. The van der Waals surface area contributed by atoms with Crippen molar-refractivity contribution in [1.29, 1.82) is 0 Å². The third kappa shape index (κ3) is 6.38. The molecule has 11 nitrogen and oxygen atoms in total. The summed E-state index contributed by atoms with van der Waals surface area (Å²) < 4.78 is 46.0. The fourth-order valence-electron chi connectivity index (χ4n) is 4.80. The van der Waals surface area contributed by atoms with Crippen LogP contribution in [0.15, 0.2) is 67.4 Å². The fraction of sp³-hybridized carbons (Fsp3) is 0.200. The second kappa shape index (κ2) is 11.5. The lowest BCUT2D eigenvalue weighted by molar-refractivity contribution is 0.261. The van der Waals surface area contributed by atoms with Crippen LogP contribution in [0, 0.1) is 5.82 Å². The number of halogens is 1. The number of hydrogen-bond donors (Lipinski definition) is 3. The van der Waals surface area contributed by atoms with Crippen LogP contribution in [0.3, 0.4) is 0 Å². The second-order valence-corrected chi connectivity index (χ2v) is 12.4. The number of fused-ring (bicyclic) bond motifs is 2. The Bertz CT molecular complexity index is 2060. The van der Waals surface area contributed by atoms with Crippen molar-refractivity contribution in [3.05, 3.63) is 78.8 Å². The number of hydrogen-bond acceptors (Lipinski definition) is 8. The van der Waals surface area contributed by atoms with Crippen molar-refractivity contribution in [3.8, 4) is 39.4 Å². The van der Waals surface area contributed by atoms with Gasteiger partial charge in [0.1, 0.15) is 18.2 Å². The molecule has 0 amide bonds. The van der Waals surface area contributed by atoms with Crippen molar-refractivity contribution < 1.29 is 17.5 Å². The first-order valence-corrected chi connectivity index (χ1v) is 15.3. The highest BCUT2D eigenvalue weighted by atomic mass is 32.2. The average Bonchev–Trinajstić information content (AvgIpc) is 3.59. The van der Waals surface area contributed by atoms with Gasteiger partial charge in [-0.2, -0.15) is 5.10 Å². The number of nitrogens with one attached hydrogen (secondary N) is 3. The number of rotatable bonds is 10. The maximum Gasteiger partial charge on any atom is 0.209 e. The highest BCUT2D eigenvalue weighted by Crippen LogP contribution is 2.35. The van der Waals surface area contributed by atoms with Crippen molar-refractivity contribution in [1.82, 2.24) is 39.8 Å². The summed E-state index contributed by atoms with van der Waals surface area (Å²) in [5.74, 6) is 0.200. The van der Waals surface area contributed by atoms with Gasteiger partial charge < -0.3 is 14.6 Å². The van der Waals surface area contributed by atoms with Gasteiger partial charge in [0.2, 0.25) is 10.0 Å². The van der Waals surface area contributed by atoms with Gasteiger partial charge in [0, 0.05) is 59.1 Å². The third-order valence-electron chi connectivity index (χ3n) is 6.89. The molecule has 0 aliphatic heterocycles. The summed E-state index contributed by atoms with van der Waals surface area (Å²) in [5.41, 5.74) is 6.26. The molecule has 0 saturated carbocycles. The molecule has 43 heavy (non-hydrogen) atoms. The molecular weight excluding hydrogens is 571 g/mol. The van der Waals surface area contributed by atoms with E-state index in [9.17, 15) is 12.8 Å². The Morgan fingerprint density at radius 2 is 1.74 bits per heavy atom. The van der Waals surface area contributed by atoms with Gasteiger partial charge in [-0.15, -0.1) is 0 Å². The van der Waals surface area contributed by atoms with E-state index in [0.29, 0.717) is 34.7 Å². The number of sulfonamides is 1. The Morgan fingerprint density at radius 3 is 2.56 bits per heavy atom. The summed E-state index contributed by atoms with van der Waals surface area (Å²) in [7, 11) is 0.551. The van der Waals surface area contributed by atoms with Gasteiger partial charge >= 0.3 is 0 Å². The number of aromatic amines is 2. The molecule has 0 radical (unpaired) electrons. The lowest BCUT2D eigenvalue weighted by Gasteiger charge is -2.11. The number of benzene rings is 1. The largest absolute Gasteiger partial charge is 0.491 e. The molecule has 5 heterocycles. The third-order valence-corrected chi connectivity index (χ3v) is 7.55. The van der Waals surface area contributed by atoms with E-state index in [0.717, 1.165) is 51.6 Å². The number of likely N-dealkylation sites (N-methyl/N-ethyl adjacent to an activating group) is 1. The molecule has 5 aromatic heterocycles. The van der Waals surface area contributed by atoms with E-state index in [1.807, 2.05) is 37.2 Å². The van der Waals surface area contributed by atoms with Gasteiger partial charge in [0.05, 0.1) is 35.6 Å². The molecule has 0 unspecified atom stereocenters. The Kier molecular flexibility index (Phi) is 7.61. The van der Waals surface area contributed by atoms with Crippen LogP contribution in [0.5, 0.6) is 5.75 Å². The Morgan fingerprint density at radius 1 is 0.930 bits per heavy atom. The lowest BCUT2D eigenvalue weighted by Crippen LogP contribution is -2.21. The molecule has 0 fully saturated rings. The van der Waals surface area contributed by atoms with Crippen LogP contribution in [-0.2, 0) is 16.6 Å². The first-order valence-electron chi connectivity index (χ1n) is 13.4. The topological polar surface area (TPSA) is 142 Å². The molecule has 6 aromatic rings. The van der Waals surface area contributed by atoms with Gasteiger partial charge in [-0.25, -0.2) is 22.5 Å². The van der Waals surface area contributed by atoms with Crippen molar-refractivity contribution in [2.24, 2.45) is 0 Å². The van der Waals surface area contributed by atoms with Crippen LogP contribution in [0.1, 0.15) is 5.56 Å². The minimum atomic E-state index is -3.43. The van der Waals surface area contributed by atoms with E-state index in [4.69, 9.17) is 4.74 Å². The summed E-state index contributed by atoms with van der Waals surface area (Å²) in [5, 5.41) is 9.11.